The quantitative estimate of drug-likeness (QED) is 0.269. The summed E-state index contributed by atoms with van der Waals surface area (Å²) in [6.45, 7) is 0. The highest BCUT2D eigenvalue weighted by atomic mass is 32.2. The first-order valence-electron chi connectivity index (χ1n) is 7.62. The number of primary amides is 1. The van der Waals surface area contributed by atoms with Gasteiger partial charge in [0.2, 0.25) is 5.91 Å². The molecule has 10 nitrogen and oxygen atoms in total. The van der Waals surface area contributed by atoms with Gasteiger partial charge in [-0.25, -0.2) is 0 Å². The number of rotatable bonds is 6. The topological polar surface area (TPSA) is 168 Å². The number of fused-ring (bicyclic) bond motifs is 1. The van der Waals surface area contributed by atoms with Gasteiger partial charge < -0.3 is 21.1 Å². The minimum Gasteiger partial charge on any atom is -0.506 e. The van der Waals surface area contributed by atoms with Crippen LogP contribution in [0.4, 0.5) is 11.4 Å². The number of hydrogen-bond acceptors (Lipinski definition) is 8. The average molecular weight is 420 g/mol. The lowest BCUT2D eigenvalue weighted by molar-refractivity contribution is -0.384. The number of H-pyrrole nitrogens is 1. The number of benzene rings is 1. The van der Waals surface area contributed by atoms with Crippen LogP contribution in [-0.2, 0) is 4.79 Å². The van der Waals surface area contributed by atoms with Crippen molar-refractivity contribution in [2.75, 3.05) is 11.1 Å². The van der Waals surface area contributed by atoms with E-state index in [1.54, 1.807) is 0 Å². The fraction of sp³-hybridized carbons (Fsp3) is 0.0625. The zero-order chi connectivity index (χ0) is 20.4. The second-order valence-electron chi connectivity index (χ2n) is 5.50. The number of hydrogen-bond donors (Lipinski definition) is 4. The number of aromatic nitrogens is 1. The number of amides is 2. The van der Waals surface area contributed by atoms with Crippen molar-refractivity contribution in [3.05, 3.63) is 56.4 Å². The Labute approximate surface area is 164 Å². The smallest absolute Gasteiger partial charge is 0.271 e. The van der Waals surface area contributed by atoms with Gasteiger partial charge in [0.25, 0.3) is 17.2 Å². The maximum atomic E-state index is 12.2. The number of nitrogens with two attached hydrogens (primary N) is 1. The van der Waals surface area contributed by atoms with E-state index in [4.69, 9.17) is 5.73 Å². The molecule has 2 aromatic heterocycles. The Balaban J connectivity index is 1.81. The number of nitrogens with zero attached hydrogens (tertiary/aromatic N) is 1. The third kappa shape index (κ3) is 3.97. The van der Waals surface area contributed by atoms with Crippen molar-refractivity contribution in [2.45, 2.75) is 4.21 Å². The first-order valence-corrected chi connectivity index (χ1v) is 9.42. The molecule has 0 saturated carbocycles. The minimum atomic E-state index is -0.811. The van der Waals surface area contributed by atoms with E-state index in [-0.39, 0.29) is 38.7 Å². The summed E-state index contributed by atoms with van der Waals surface area (Å²) in [5.74, 6) is -1.69. The third-order valence-electron chi connectivity index (χ3n) is 3.55. The summed E-state index contributed by atoms with van der Waals surface area (Å²) in [5.41, 5.74) is 5.02. The van der Waals surface area contributed by atoms with Crippen molar-refractivity contribution in [1.82, 2.24) is 4.98 Å². The van der Waals surface area contributed by atoms with Gasteiger partial charge in [-0.3, -0.25) is 24.5 Å². The monoisotopic (exact) mass is 420 g/mol. The van der Waals surface area contributed by atoms with Gasteiger partial charge in [0.05, 0.1) is 30.7 Å². The Bertz CT molecular complexity index is 1170. The largest absolute Gasteiger partial charge is 0.506 e. The molecular formula is C16H12N4O6S2. The molecule has 28 heavy (non-hydrogen) atoms. The predicted molar refractivity (Wildman–Crippen MR) is 105 cm³/mol. The SMILES string of the molecule is NC(=O)c1c(SCC(=O)Nc2cccc([N+](=O)[O-])c2)sc2c(O)cc(=O)[nH]c12. The Hall–Kier alpha value is -3.38. The number of thioether (sulfide) groups is 1. The summed E-state index contributed by atoms with van der Waals surface area (Å²) in [4.78, 5) is 48.2. The van der Waals surface area contributed by atoms with E-state index in [1.165, 1.54) is 24.3 Å². The molecule has 0 aliphatic carbocycles. The second-order valence-corrected chi connectivity index (χ2v) is 7.76. The number of nitro benzene ring substituents is 1. The number of pyridine rings is 1. The van der Waals surface area contributed by atoms with Crippen LogP contribution in [-0.4, -0.2) is 32.6 Å². The molecule has 3 rings (SSSR count). The second kappa shape index (κ2) is 7.70. The number of nitro groups is 1. The van der Waals surface area contributed by atoms with E-state index in [0.717, 1.165) is 29.2 Å². The fourth-order valence-electron chi connectivity index (χ4n) is 2.41. The van der Waals surface area contributed by atoms with Crippen LogP contribution in [0.2, 0.25) is 0 Å². The number of aromatic amines is 1. The maximum absolute atomic E-state index is 12.2. The van der Waals surface area contributed by atoms with Crippen LogP contribution in [0.1, 0.15) is 10.4 Å². The van der Waals surface area contributed by atoms with Crippen LogP contribution in [0, 0.1) is 10.1 Å². The van der Waals surface area contributed by atoms with Crippen LogP contribution in [0.3, 0.4) is 0 Å². The lowest BCUT2D eigenvalue weighted by Crippen LogP contribution is -2.15. The molecule has 1 aromatic carbocycles. The molecule has 12 heteroatoms. The molecule has 144 valence electrons. The lowest BCUT2D eigenvalue weighted by atomic mass is 10.2. The number of non-ortho nitro benzene ring substituents is 1. The first-order chi connectivity index (χ1) is 13.3. The highest BCUT2D eigenvalue weighted by molar-refractivity contribution is 8.02. The molecule has 0 saturated heterocycles. The number of anilines is 1. The van der Waals surface area contributed by atoms with E-state index in [9.17, 15) is 29.6 Å². The number of aromatic hydroxyl groups is 1. The van der Waals surface area contributed by atoms with Gasteiger partial charge in [-0.2, -0.15) is 0 Å². The Kier molecular flexibility index (Phi) is 5.33. The van der Waals surface area contributed by atoms with Crippen LogP contribution in [0.25, 0.3) is 10.2 Å². The van der Waals surface area contributed by atoms with Crippen molar-refractivity contribution in [3.8, 4) is 5.75 Å². The van der Waals surface area contributed by atoms with E-state index in [1.807, 2.05) is 0 Å². The van der Waals surface area contributed by atoms with E-state index < -0.39 is 22.3 Å². The molecule has 0 aliphatic heterocycles. The summed E-state index contributed by atoms with van der Waals surface area (Å²) in [6, 6.07) is 6.45. The number of nitrogens with one attached hydrogen (secondary N) is 2. The maximum Gasteiger partial charge on any atom is 0.271 e. The average Bonchev–Trinajstić information content (AvgIpc) is 2.99. The highest BCUT2D eigenvalue weighted by Gasteiger charge is 2.21. The molecule has 2 amide bonds. The molecule has 0 radical (unpaired) electrons. The summed E-state index contributed by atoms with van der Waals surface area (Å²) < 4.78 is 0.629. The lowest BCUT2D eigenvalue weighted by Gasteiger charge is -2.05. The summed E-state index contributed by atoms with van der Waals surface area (Å²) in [6.07, 6.45) is 0. The van der Waals surface area contributed by atoms with Crippen LogP contribution in [0.15, 0.2) is 39.3 Å². The molecular weight excluding hydrogens is 408 g/mol. The van der Waals surface area contributed by atoms with Crippen molar-refractivity contribution in [2.24, 2.45) is 5.73 Å². The van der Waals surface area contributed by atoms with Crippen LogP contribution < -0.4 is 16.6 Å². The molecule has 0 aliphatic rings. The normalized spacial score (nSPS) is 10.7. The zero-order valence-corrected chi connectivity index (χ0v) is 15.6. The van der Waals surface area contributed by atoms with E-state index in [0.29, 0.717) is 4.21 Å². The zero-order valence-electron chi connectivity index (χ0n) is 13.9. The molecule has 0 spiro atoms. The van der Waals surface area contributed by atoms with Gasteiger partial charge in [-0.15, -0.1) is 23.1 Å². The molecule has 0 fully saturated rings. The fourth-order valence-corrected chi connectivity index (χ4v) is 4.66. The van der Waals surface area contributed by atoms with E-state index >= 15 is 0 Å². The van der Waals surface area contributed by atoms with E-state index in [2.05, 4.69) is 10.3 Å². The van der Waals surface area contributed by atoms with Gasteiger partial charge in [0.15, 0.2) is 0 Å². The Morgan fingerprint density at radius 2 is 2.11 bits per heavy atom. The van der Waals surface area contributed by atoms with Gasteiger partial charge in [0, 0.05) is 23.9 Å². The van der Waals surface area contributed by atoms with Gasteiger partial charge >= 0.3 is 0 Å². The first kappa shape index (κ1) is 19.4. The molecule has 5 N–H and O–H groups in total. The number of carbonyl (C=O) groups excluding carboxylic acids is 2. The summed E-state index contributed by atoms with van der Waals surface area (Å²) in [7, 11) is 0. The molecule has 3 aromatic rings. The molecule has 0 atom stereocenters. The van der Waals surface area contributed by atoms with Gasteiger partial charge in [0.1, 0.15) is 5.75 Å². The van der Waals surface area contributed by atoms with Gasteiger partial charge in [-0.1, -0.05) is 6.07 Å². The van der Waals surface area contributed by atoms with Crippen molar-refractivity contribution < 1.29 is 19.6 Å². The summed E-state index contributed by atoms with van der Waals surface area (Å²) >= 11 is 2.01. The highest BCUT2D eigenvalue weighted by Crippen LogP contribution is 2.40. The third-order valence-corrected chi connectivity index (χ3v) is 6.03. The Morgan fingerprint density at radius 3 is 2.79 bits per heavy atom. The number of thiophene rings is 1. The molecule has 2 heterocycles. The molecule has 0 unspecified atom stereocenters. The van der Waals surface area contributed by atoms with Crippen molar-refractivity contribution >= 4 is 56.5 Å². The van der Waals surface area contributed by atoms with Crippen molar-refractivity contribution in [3.63, 3.8) is 0 Å². The number of carbonyl (C=O) groups is 2. The summed E-state index contributed by atoms with van der Waals surface area (Å²) in [5, 5.41) is 23.2. The van der Waals surface area contributed by atoms with Gasteiger partial charge in [-0.05, 0) is 6.07 Å². The Morgan fingerprint density at radius 1 is 1.36 bits per heavy atom. The predicted octanol–water partition coefficient (Wildman–Crippen LogP) is 2.03. The minimum absolute atomic E-state index is 0.0150. The van der Waals surface area contributed by atoms with Crippen LogP contribution in [0.5, 0.6) is 5.75 Å². The van der Waals surface area contributed by atoms with Crippen molar-refractivity contribution in [1.29, 1.82) is 0 Å². The van der Waals surface area contributed by atoms with Crippen LogP contribution >= 0.6 is 23.1 Å². The standard InChI is InChI=1S/C16H12N4O6S2/c17-15(24)12-13-14(9(21)5-10(22)19-13)28-16(12)27-6-11(23)18-7-2-1-3-8(4-7)20(25)26/h1-5H,6H2,(H2,17,24)(H,18,23)(H2,19,21,22). The molecule has 0 bridgehead atoms.